The Bertz CT molecular complexity index is 516. The number of anilines is 1. The second kappa shape index (κ2) is 6.21. The molecule has 1 nitrogen and oxygen atoms in total. The van der Waals surface area contributed by atoms with Crippen LogP contribution in [0.1, 0.15) is 18.1 Å². The molecule has 0 heterocycles. The highest BCUT2D eigenvalue weighted by Crippen LogP contribution is 2.42. The van der Waals surface area contributed by atoms with Crippen molar-refractivity contribution in [3.8, 4) is 0 Å². The van der Waals surface area contributed by atoms with Crippen LogP contribution < -0.4 is 9.97 Å². The largest absolute Gasteiger partial charge is 0.350 e. The number of benzene rings is 2. The van der Waals surface area contributed by atoms with Gasteiger partial charge in [0, 0.05) is 26.1 Å². The molecule has 0 aliphatic heterocycles. The Hall–Kier alpha value is -1.33. The van der Waals surface area contributed by atoms with Crippen molar-refractivity contribution < 1.29 is 0 Å². The van der Waals surface area contributed by atoms with Gasteiger partial charge in [-0.2, -0.15) is 0 Å². The fourth-order valence-corrected chi connectivity index (χ4v) is 4.93. The Morgan fingerprint density at radius 1 is 0.895 bits per heavy atom. The van der Waals surface area contributed by atoms with Gasteiger partial charge in [0.25, 0.3) is 0 Å². The highest BCUT2D eigenvalue weighted by molar-refractivity contribution is 7.67. The first-order valence-corrected chi connectivity index (χ1v) is 8.25. The third kappa shape index (κ3) is 2.98. The van der Waals surface area contributed by atoms with Crippen molar-refractivity contribution in [3.05, 3.63) is 59.7 Å². The molecular formula is C17H22NP. The van der Waals surface area contributed by atoms with Gasteiger partial charge < -0.3 is 4.67 Å². The third-order valence-electron chi connectivity index (χ3n) is 3.49. The zero-order valence-corrected chi connectivity index (χ0v) is 13.1. The molecule has 0 spiro atoms. The Labute approximate surface area is 118 Å². The predicted octanol–water partition coefficient (Wildman–Crippen LogP) is 4.48. The van der Waals surface area contributed by atoms with E-state index in [1.807, 2.05) is 0 Å². The summed E-state index contributed by atoms with van der Waals surface area (Å²) < 4.78 is 2.45. The number of aryl methyl sites for hydroxylation is 2. The van der Waals surface area contributed by atoms with Crippen molar-refractivity contribution in [3.63, 3.8) is 0 Å². The van der Waals surface area contributed by atoms with E-state index in [1.54, 1.807) is 0 Å². The molecule has 0 saturated heterocycles. The van der Waals surface area contributed by atoms with E-state index in [1.165, 1.54) is 28.3 Å². The second-order valence-electron chi connectivity index (χ2n) is 4.82. The van der Waals surface area contributed by atoms with Crippen LogP contribution in [0.3, 0.4) is 0 Å². The maximum absolute atomic E-state index is 2.45. The topological polar surface area (TPSA) is 3.24 Å². The van der Waals surface area contributed by atoms with E-state index in [9.17, 15) is 0 Å². The van der Waals surface area contributed by atoms with E-state index >= 15 is 0 Å². The van der Waals surface area contributed by atoms with Gasteiger partial charge in [0.05, 0.1) is 0 Å². The predicted molar refractivity (Wildman–Crippen MR) is 87.9 cm³/mol. The lowest BCUT2D eigenvalue weighted by atomic mass is 10.2. The minimum Gasteiger partial charge on any atom is -0.350 e. The quantitative estimate of drug-likeness (QED) is 0.741. The van der Waals surface area contributed by atoms with Crippen molar-refractivity contribution in [2.45, 2.75) is 20.8 Å². The molecule has 2 aromatic rings. The van der Waals surface area contributed by atoms with Crippen molar-refractivity contribution in [2.75, 3.05) is 17.9 Å². The van der Waals surface area contributed by atoms with E-state index < -0.39 is 0 Å². The number of para-hydroxylation sites is 1. The Kier molecular flexibility index (Phi) is 4.61. The number of hydrogen-bond donors (Lipinski definition) is 0. The lowest BCUT2D eigenvalue weighted by Crippen LogP contribution is -2.23. The summed E-state index contributed by atoms with van der Waals surface area (Å²) in [6, 6.07) is 17.3. The number of rotatable bonds is 4. The van der Waals surface area contributed by atoms with Gasteiger partial charge in [-0.15, -0.1) is 0 Å². The van der Waals surface area contributed by atoms with Crippen LogP contribution in [-0.4, -0.2) is 13.2 Å². The number of hydrogen-bond acceptors (Lipinski definition) is 1. The minimum atomic E-state index is -0.299. The molecule has 19 heavy (non-hydrogen) atoms. The van der Waals surface area contributed by atoms with Gasteiger partial charge in [-0.3, -0.25) is 0 Å². The summed E-state index contributed by atoms with van der Waals surface area (Å²) in [5, 5.41) is 1.53. The van der Waals surface area contributed by atoms with E-state index in [4.69, 9.17) is 0 Å². The van der Waals surface area contributed by atoms with Gasteiger partial charge in [0.2, 0.25) is 0 Å². The molecule has 0 aliphatic rings. The highest BCUT2D eigenvalue weighted by Gasteiger charge is 2.19. The molecule has 2 heteroatoms. The molecule has 2 aromatic carbocycles. The first-order valence-electron chi connectivity index (χ1n) is 6.77. The number of nitrogens with zero attached hydrogens (tertiary/aromatic N) is 1. The highest BCUT2D eigenvalue weighted by atomic mass is 31.1. The molecule has 1 unspecified atom stereocenters. The molecule has 2 rings (SSSR count). The van der Waals surface area contributed by atoms with Crippen LogP contribution in [0.15, 0.2) is 48.5 Å². The Morgan fingerprint density at radius 2 is 1.47 bits per heavy atom. The summed E-state index contributed by atoms with van der Waals surface area (Å²) in [5.74, 6) is 0. The van der Waals surface area contributed by atoms with Gasteiger partial charge in [-0.05, 0) is 43.3 Å². The van der Waals surface area contributed by atoms with Crippen molar-refractivity contribution >= 4 is 19.1 Å². The maximum Gasteiger partial charge on any atom is 0.0398 e. The lowest BCUT2D eigenvalue weighted by Gasteiger charge is -2.31. The SMILES string of the molecule is CCP(c1c(C)cccc1C)N(C)c1ccccc1. The second-order valence-corrected chi connectivity index (χ2v) is 7.29. The van der Waals surface area contributed by atoms with E-state index in [2.05, 4.69) is 81.0 Å². The zero-order valence-electron chi connectivity index (χ0n) is 12.2. The van der Waals surface area contributed by atoms with Crippen molar-refractivity contribution in [1.82, 2.24) is 0 Å². The Balaban J connectivity index is 2.40. The van der Waals surface area contributed by atoms with Crippen LogP contribution in [0.25, 0.3) is 0 Å². The molecule has 0 radical (unpaired) electrons. The molecule has 0 aliphatic carbocycles. The summed E-state index contributed by atoms with van der Waals surface area (Å²) in [5.41, 5.74) is 4.13. The van der Waals surface area contributed by atoms with E-state index in [0.717, 1.165) is 0 Å². The van der Waals surface area contributed by atoms with Crippen LogP contribution in [0.4, 0.5) is 5.69 Å². The lowest BCUT2D eigenvalue weighted by molar-refractivity contribution is 1.30. The van der Waals surface area contributed by atoms with Crippen LogP contribution in [0.5, 0.6) is 0 Å². The van der Waals surface area contributed by atoms with Gasteiger partial charge in [0.15, 0.2) is 0 Å². The molecular weight excluding hydrogens is 249 g/mol. The fourth-order valence-electron chi connectivity index (χ4n) is 2.52. The molecule has 0 saturated carbocycles. The zero-order chi connectivity index (χ0) is 13.8. The average molecular weight is 271 g/mol. The van der Waals surface area contributed by atoms with E-state index in [0.29, 0.717) is 0 Å². The summed E-state index contributed by atoms with van der Waals surface area (Å²) >= 11 is 0. The van der Waals surface area contributed by atoms with Gasteiger partial charge in [-0.25, -0.2) is 0 Å². The van der Waals surface area contributed by atoms with Crippen LogP contribution in [0, 0.1) is 13.8 Å². The molecule has 0 aromatic heterocycles. The Morgan fingerprint density at radius 3 is 2.00 bits per heavy atom. The average Bonchev–Trinajstić information content (AvgIpc) is 2.43. The molecule has 0 amide bonds. The van der Waals surface area contributed by atoms with Gasteiger partial charge in [0.1, 0.15) is 0 Å². The van der Waals surface area contributed by atoms with Crippen LogP contribution in [0.2, 0.25) is 0 Å². The molecule has 1 atom stereocenters. The first-order chi connectivity index (χ1) is 9.15. The maximum atomic E-state index is 2.45. The standard InChI is InChI=1S/C17H22NP/c1-5-19(17-14(2)10-9-11-15(17)3)18(4)16-12-7-6-8-13-16/h6-13H,5H2,1-4H3. The van der Waals surface area contributed by atoms with E-state index in [-0.39, 0.29) is 8.07 Å². The molecule has 0 bridgehead atoms. The minimum absolute atomic E-state index is 0.299. The van der Waals surface area contributed by atoms with Gasteiger partial charge >= 0.3 is 0 Å². The summed E-state index contributed by atoms with van der Waals surface area (Å²) in [6.07, 6.45) is 1.17. The van der Waals surface area contributed by atoms with Crippen LogP contribution >= 0.6 is 8.07 Å². The normalized spacial score (nSPS) is 12.2. The molecule has 0 fully saturated rings. The molecule has 100 valence electrons. The van der Waals surface area contributed by atoms with Crippen molar-refractivity contribution in [1.29, 1.82) is 0 Å². The van der Waals surface area contributed by atoms with Gasteiger partial charge in [-0.1, -0.05) is 43.3 Å². The first kappa shape index (κ1) is 14.1. The van der Waals surface area contributed by atoms with Crippen molar-refractivity contribution in [2.24, 2.45) is 0 Å². The summed E-state index contributed by atoms with van der Waals surface area (Å²) in [6.45, 7) is 6.75. The molecule has 0 N–H and O–H groups in total. The fraction of sp³-hybridized carbons (Fsp3) is 0.294. The monoisotopic (exact) mass is 271 g/mol. The van der Waals surface area contributed by atoms with Crippen LogP contribution in [-0.2, 0) is 0 Å². The third-order valence-corrected chi connectivity index (χ3v) is 6.27. The summed E-state index contributed by atoms with van der Waals surface area (Å²) in [7, 11) is 1.92. The smallest absolute Gasteiger partial charge is 0.0398 e. The summed E-state index contributed by atoms with van der Waals surface area (Å²) in [4.78, 5) is 0.